The summed E-state index contributed by atoms with van der Waals surface area (Å²) >= 11 is 0. The van der Waals surface area contributed by atoms with Crippen LogP contribution >= 0.6 is 0 Å². The molecule has 0 saturated carbocycles. The van der Waals surface area contributed by atoms with Gasteiger partial charge in [-0.05, 0) is 37.3 Å². The average Bonchev–Trinajstić information content (AvgIpc) is 3.67. The number of nitrogen functional groups attached to an aromatic ring is 1. The van der Waals surface area contributed by atoms with Crippen LogP contribution in [0.25, 0.3) is 5.82 Å². The molecule has 2 aromatic carbocycles. The van der Waals surface area contributed by atoms with E-state index in [0.29, 0.717) is 11.3 Å². The van der Waals surface area contributed by atoms with Crippen molar-refractivity contribution in [2.24, 2.45) is 5.73 Å². The van der Waals surface area contributed by atoms with Crippen molar-refractivity contribution in [2.45, 2.75) is 19.1 Å². The summed E-state index contributed by atoms with van der Waals surface area (Å²) in [5.74, 6) is -4.18. The lowest BCUT2D eigenvalue weighted by atomic mass is 10.0. The molecule has 0 bridgehead atoms. The van der Waals surface area contributed by atoms with Gasteiger partial charge in [0.05, 0.1) is 19.9 Å². The van der Waals surface area contributed by atoms with Crippen LogP contribution in [-0.2, 0) is 9.53 Å². The van der Waals surface area contributed by atoms with Crippen LogP contribution in [0.4, 0.5) is 23.2 Å². The molecule has 0 amide bonds. The Morgan fingerprint density at radius 1 is 1.21 bits per heavy atom. The first-order valence-corrected chi connectivity index (χ1v) is 13.3. The van der Waals surface area contributed by atoms with Crippen molar-refractivity contribution in [1.82, 2.24) is 25.0 Å². The second-order valence-electron chi connectivity index (χ2n) is 9.29. The molecule has 0 radical (unpaired) electrons. The van der Waals surface area contributed by atoms with Crippen LogP contribution in [0, 0.1) is 11.2 Å². The summed E-state index contributed by atoms with van der Waals surface area (Å²) < 4.78 is 70.2. The number of anilines is 1. The van der Waals surface area contributed by atoms with Gasteiger partial charge in [0.25, 0.3) is 0 Å². The number of aliphatic carboxylic acids is 1. The Morgan fingerprint density at radius 3 is 2.43 bits per heavy atom. The SMILES string of the molecule is CCOC(=O)c1cn[nH]c1-n1nc(C(Nc2ccc(C(=N)N)cc2)c2cc(OC)c3c(c2F)OCCO3)[nH]c1=O.O=C(O)C(F)(F)F. The largest absolute Gasteiger partial charge is 0.493 e. The fourth-order valence-corrected chi connectivity index (χ4v) is 4.15. The van der Waals surface area contributed by atoms with E-state index in [4.69, 9.17) is 40.0 Å². The standard InChI is InChI=1S/C25H25FN8O6.C2HF3O2/c1-3-38-24(35)15-11-29-32-23(15)34-25(36)31-22(33-34)18(30-13-6-4-12(5-7-13)21(27)28)14-10-16(37-2)19-20(17(14)26)40-9-8-39-19;3-2(4,5)1(6)7/h4-7,10-11,18,30H,3,8-9H2,1-2H3,(H3,27,28)(H,29,32)(H,31,33,36);(H,6,7). The number of hydrogen-bond donors (Lipinski definition) is 6. The first-order valence-electron chi connectivity index (χ1n) is 13.3. The molecule has 20 heteroatoms. The summed E-state index contributed by atoms with van der Waals surface area (Å²) in [6, 6.07) is 6.82. The molecular formula is C27H26F4N8O8. The Balaban J connectivity index is 0.000000644. The van der Waals surface area contributed by atoms with Crippen LogP contribution in [-0.4, -0.2) is 80.9 Å². The maximum atomic E-state index is 16.0. The number of carbonyl (C=O) groups excluding carboxylic acids is 1. The van der Waals surface area contributed by atoms with Crippen LogP contribution in [0.1, 0.15) is 40.3 Å². The number of nitrogens with two attached hydrogens (primary N) is 1. The van der Waals surface area contributed by atoms with Crippen LogP contribution in [0.3, 0.4) is 0 Å². The molecule has 0 saturated heterocycles. The normalized spacial score (nSPS) is 12.7. The third-order valence-electron chi connectivity index (χ3n) is 6.26. The number of methoxy groups -OCH3 is 1. The second-order valence-corrected chi connectivity index (χ2v) is 9.29. The van der Waals surface area contributed by atoms with Crippen molar-refractivity contribution in [3.63, 3.8) is 0 Å². The highest BCUT2D eigenvalue weighted by Crippen LogP contribution is 2.45. The number of H-pyrrole nitrogens is 2. The van der Waals surface area contributed by atoms with E-state index in [-0.39, 0.29) is 65.7 Å². The molecule has 5 rings (SSSR count). The maximum absolute atomic E-state index is 16.0. The van der Waals surface area contributed by atoms with E-state index < -0.39 is 35.7 Å². The minimum Gasteiger partial charge on any atom is -0.493 e. The number of alkyl halides is 3. The van der Waals surface area contributed by atoms with Crippen molar-refractivity contribution in [3.8, 4) is 23.1 Å². The highest BCUT2D eigenvalue weighted by molar-refractivity contribution is 5.95. The summed E-state index contributed by atoms with van der Waals surface area (Å²) in [5, 5.41) is 28.7. The molecule has 0 fully saturated rings. The number of rotatable bonds is 9. The molecule has 0 aliphatic carbocycles. The topological polar surface area (TPSA) is 233 Å². The minimum atomic E-state index is -5.08. The number of carbonyl (C=O) groups is 2. The number of aromatic amines is 2. The van der Waals surface area contributed by atoms with Crippen LogP contribution in [0.5, 0.6) is 17.2 Å². The highest BCUT2D eigenvalue weighted by Gasteiger charge is 2.38. The predicted molar refractivity (Wildman–Crippen MR) is 153 cm³/mol. The number of hydrogen-bond acceptors (Lipinski definition) is 11. The van der Waals surface area contributed by atoms with Crippen molar-refractivity contribution in [1.29, 1.82) is 5.41 Å². The summed E-state index contributed by atoms with van der Waals surface area (Å²) in [4.78, 5) is 36.9. The Bertz CT molecular complexity index is 1840. The molecule has 1 atom stereocenters. The van der Waals surface area contributed by atoms with Gasteiger partial charge in [-0.25, -0.2) is 18.8 Å². The third-order valence-corrected chi connectivity index (χ3v) is 6.26. The number of amidine groups is 1. The number of carboxylic acid groups (broad SMARTS) is 1. The summed E-state index contributed by atoms with van der Waals surface area (Å²) in [6.07, 6.45) is -3.87. The van der Waals surface area contributed by atoms with Crippen molar-refractivity contribution in [3.05, 3.63) is 75.3 Å². The fraction of sp³-hybridized carbons (Fsp3) is 0.259. The summed E-state index contributed by atoms with van der Waals surface area (Å²) in [7, 11) is 1.41. The zero-order chi connectivity index (χ0) is 34.5. The second kappa shape index (κ2) is 13.9. The van der Waals surface area contributed by atoms with Gasteiger partial charge in [0.1, 0.15) is 30.7 Å². The number of aromatic nitrogens is 5. The molecule has 7 N–H and O–H groups in total. The molecule has 4 aromatic rings. The van der Waals surface area contributed by atoms with Crippen molar-refractivity contribution >= 4 is 23.5 Å². The van der Waals surface area contributed by atoms with E-state index in [1.807, 2.05) is 0 Å². The monoisotopic (exact) mass is 666 g/mol. The molecule has 3 heterocycles. The van der Waals surface area contributed by atoms with Crippen molar-refractivity contribution < 1.29 is 51.2 Å². The molecule has 1 unspecified atom stereocenters. The molecule has 250 valence electrons. The van der Waals surface area contributed by atoms with Gasteiger partial charge < -0.3 is 35.1 Å². The van der Waals surface area contributed by atoms with Gasteiger partial charge in [0.15, 0.2) is 23.2 Å². The van der Waals surface area contributed by atoms with Crippen molar-refractivity contribution in [2.75, 3.05) is 32.2 Å². The van der Waals surface area contributed by atoms with E-state index in [9.17, 15) is 22.8 Å². The number of nitrogens with zero attached hydrogens (tertiary/aromatic N) is 3. The van der Waals surface area contributed by atoms with Gasteiger partial charge in [-0.3, -0.25) is 15.5 Å². The van der Waals surface area contributed by atoms with Gasteiger partial charge in [-0.2, -0.15) is 23.0 Å². The van der Waals surface area contributed by atoms with Gasteiger partial charge in [-0.1, -0.05) is 0 Å². The number of ether oxygens (including phenoxy) is 4. The number of nitrogens with one attached hydrogen (secondary N) is 4. The van der Waals surface area contributed by atoms with E-state index in [1.165, 1.54) is 19.4 Å². The van der Waals surface area contributed by atoms with Gasteiger partial charge in [0.2, 0.25) is 11.5 Å². The molecule has 2 aromatic heterocycles. The molecule has 16 nitrogen and oxygen atoms in total. The first kappa shape index (κ1) is 33.8. The van der Waals surface area contributed by atoms with Crippen LogP contribution < -0.4 is 31.0 Å². The lowest BCUT2D eigenvalue weighted by Crippen LogP contribution is -2.21. The Labute approximate surface area is 260 Å². The lowest BCUT2D eigenvalue weighted by molar-refractivity contribution is -0.192. The highest BCUT2D eigenvalue weighted by atomic mass is 19.4. The van der Waals surface area contributed by atoms with E-state index in [0.717, 1.165) is 4.68 Å². The van der Waals surface area contributed by atoms with E-state index in [1.54, 1.807) is 31.2 Å². The fourth-order valence-electron chi connectivity index (χ4n) is 4.15. The lowest BCUT2D eigenvalue weighted by Gasteiger charge is -2.25. The predicted octanol–water partition coefficient (Wildman–Crippen LogP) is 2.50. The Morgan fingerprint density at radius 2 is 1.85 bits per heavy atom. The van der Waals surface area contributed by atoms with Crippen LogP contribution in [0.15, 0.2) is 41.3 Å². The number of carboxylic acids is 1. The van der Waals surface area contributed by atoms with Crippen LogP contribution in [0.2, 0.25) is 0 Å². The quantitative estimate of drug-likeness (QED) is 0.0655. The molecule has 1 aliphatic heterocycles. The maximum Gasteiger partial charge on any atom is 0.490 e. The Hall–Kier alpha value is -6.08. The Kier molecular flexibility index (Phi) is 10.0. The number of benzene rings is 2. The molecular weight excluding hydrogens is 640 g/mol. The van der Waals surface area contributed by atoms with Gasteiger partial charge in [-0.15, -0.1) is 5.10 Å². The number of esters is 1. The molecule has 47 heavy (non-hydrogen) atoms. The molecule has 1 aliphatic rings. The average molecular weight is 667 g/mol. The van der Waals surface area contributed by atoms with Gasteiger partial charge in [0, 0.05) is 16.8 Å². The summed E-state index contributed by atoms with van der Waals surface area (Å²) in [6.45, 7) is 2.11. The zero-order valence-corrected chi connectivity index (χ0v) is 24.4. The van der Waals surface area contributed by atoms with E-state index >= 15 is 4.39 Å². The first-order chi connectivity index (χ1) is 22.3. The number of halogens is 4. The number of fused-ring (bicyclic) bond motifs is 1. The summed E-state index contributed by atoms with van der Waals surface area (Å²) in [5.41, 5.74) is 5.82. The van der Waals surface area contributed by atoms with Gasteiger partial charge >= 0.3 is 23.8 Å². The van der Waals surface area contributed by atoms with E-state index in [2.05, 4.69) is 25.6 Å². The minimum absolute atomic E-state index is 0.0114. The smallest absolute Gasteiger partial charge is 0.490 e. The zero-order valence-electron chi connectivity index (χ0n) is 24.4. The molecule has 0 spiro atoms. The third kappa shape index (κ3) is 7.43.